The number of aliphatic carboxylic acids is 1. The Bertz CT molecular complexity index is 976. The number of carboxylic acids is 1. The lowest BCUT2D eigenvalue weighted by atomic mass is 9.94. The molecule has 0 bridgehead atoms. The van der Waals surface area contributed by atoms with Gasteiger partial charge in [0, 0.05) is 18.5 Å². The first-order chi connectivity index (χ1) is 16.0. The van der Waals surface area contributed by atoms with Crippen LogP contribution in [0.5, 0.6) is 0 Å². The van der Waals surface area contributed by atoms with E-state index in [1.165, 1.54) is 11.1 Å². The van der Waals surface area contributed by atoms with Crippen molar-refractivity contribution in [1.29, 1.82) is 0 Å². The van der Waals surface area contributed by atoms with Crippen molar-refractivity contribution in [1.82, 2.24) is 10.6 Å². The number of carboxylic acid groups (broad SMARTS) is 1. The minimum Gasteiger partial charge on any atom is -0.481 e. The summed E-state index contributed by atoms with van der Waals surface area (Å²) in [5.41, 5.74) is 4.64. The maximum absolute atomic E-state index is 12.7. The number of hydrogen-bond donors (Lipinski definition) is 3. The van der Waals surface area contributed by atoms with Gasteiger partial charge in [0.25, 0.3) is 0 Å². The molecule has 2 atom stereocenters. The number of hydrogen-bond acceptors (Lipinski definition) is 4. The van der Waals surface area contributed by atoms with Crippen molar-refractivity contribution in [2.24, 2.45) is 5.92 Å². The molecule has 0 heterocycles. The normalized spacial score (nSPS) is 19.6. The number of rotatable bonds is 7. The van der Waals surface area contributed by atoms with Crippen LogP contribution in [-0.2, 0) is 14.3 Å². The second-order valence-electron chi connectivity index (χ2n) is 8.76. The minimum atomic E-state index is -0.954. The van der Waals surface area contributed by atoms with Crippen molar-refractivity contribution in [3.05, 3.63) is 59.7 Å². The van der Waals surface area contributed by atoms with Crippen molar-refractivity contribution >= 4 is 18.0 Å². The van der Waals surface area contributed by atoms with E-state index < -0.39 is 12.1 Å². The van der Waals surface area contributed by atoms with Gasteiger partial charge < -0.3 is 20.5 Å². The third kappa shape index (κ3) is 5.35. The standard InChI is InChI=1S/C26H30N2O5/c29-24(30)14-15-27-25(31)21-12-2-1-3-13-23(21)28-26(32)33-16-22-19-10-6-4-8-17(19)18-9-5-7-11-20(18)22/h4-11,21-23H,1-3,12-16H2,(H,27,31)(H,28,32)(H,29,30). The van der Waals surface area contributed by atoms with Crippen LogP contribution in [-0.4, -0.2) is 42.3 Å². The van der Waals surface area contributed by atoms with Gasteiger partial charge in [-0.3, -0.25) is 9.59 Å². The molecule has 7 nitrogen and oxygen atoms in total. The summed E-state index contributed by atoms with van der Waals surface area (Å²) in [6.07, 6.45) is 3.54. The Balaban J connectivity index is 1.38. The number of carbonyl (C=O) groups excluding carboxylic acids is 2. The van der Waals surface area contributed by atoms with Crippen LogP contribution in [0.3, 0.4) is 0 Å². The smallest absolute Gasteiger partial charge is 0.407 e. The second kappa shape index (κ2) is 10.5. The highest BCUT2D eigenvalue weighted by atomic mass is 16.5. The van der Waals surface area contributed by atoms with Crippen LogP contribution in [0, 0.1) is 5.92 Å². The Kier molecular flexibility index (Phi) is 7.27. The number of carbonyl (C=O) groups is 3. The average Bonchev–Trinajstić information content (AvgIpc) is 2.94. The predicted molar refractivity (Wildman–Crippen MR) is 124 cm³/mol. The summed E-state index contributed by atoms with van der Waals surface area (Å²) in [4.78, 5) is 36.1. The third-order valence-corrected chi connectivity index (χ3v) is 6.64. The highest BCUT2D eigenvalue weighted by molar-refractivity contribution is 5.81. The van der Waals surface area contributed by atoms with E-state index in [0.717, 1.165) is 30.4 Å². The molecule has 0 aliphatic heterocycles. The Morgan fingerprint density at radius 2 is 1.55 bits per heavy atom. The lowest BCUT2D eigenvalue weighted by molar-refractivity contribution is -0.137. The molecule has 0 aromatic heterocycles. The molecular formula is C26H30N2O5. The van der Waals surface area contributed by atoms with Crippen LogP contribution in [0.4, 0.5) is 4.79 Å². The van der Waals surface area contributed by atoms with Crippen LogP contribution >= 0.6 is 0 Å². The van der Waals surface area contributed by atoms with E-state index in [1.807, 2.05) is 24.3 Å². The van der Waals surface area contributed by atoms with E-state index in [9.17, 15) is 14.4 Å². The molecule has 0 radical (unpaired) electrons. The van der Waals surface area contributed by atoms with Gasteiger partial charge in [-0.1, -0.05) is 67.8 Å². The largest absolute Gasteiger partial charge is 0.481 e. The number of amides is 2. The number of fused-ring (bicyclic) bond motifs is 3. The monoisotopic (exact) mass is 450 g/mol. The molecule has 2 aromatic rings. The summed E-state index contributed by atoms with van der Waals surface area (Å²) in [6, 6.07) is 16.0. The number of alkyl carbamates (subject to hydrolysis) is 1. The van der Waals surface area contributed by atoms with Crippen molar-refractivity contribution in [2.75, 3.05) is 13.2 Å². The van der Waals surface area contributed by atoms with Crippen molar-refractivity contribution in [3.63, 3.8) is 0 Å². The molecule has 174 valence electrons. The molecular weight excluding hydrogens is 420 g/mol. The van der Waals surface area contributed by atoms with E-state index >= 15 is 0 Å². The Labute approximate surface area is 193 Å². The summed E-state index contributed by atoms with van der Waals surface area (Å²) in [7, 11) is 0. The second-order valence-corrected chi connectivity index (χ2v) is 8.76. The van der Waals surface area contributed by atoms with E-state index in [0.29, 0.717) is 12.8 Å². The first-order valence-electron chi connectivity index (χ1n) is 11.7. The van der Waals surface area contributed by atoms with E-state index in [2.05, 4.69) is 34.9 Å². The lowest BCUT2D eigenvalue weighted by Crippen LogP contribution is -2.47. The topological polar surface area (TPSA) is 105 Å². The molecule has 1 fully saturated rings. The molecule has 0 spiro atoms. The Hall–Kier alpha value is -3.35. The van der Waals surface area contributed by atoms with Crippen molar-refractivity contribution in [2.45, 2.75) is 50.5 Å². The fourth-order valence-corrected chi connectivity index (χ4v) is 5.01. The molecule has 2 unspecified atom stereocenters. The zero-order chi connectivity index (χ0) is 23.2. The van der Waals surface area contributed by atoms with Gasteiger partial charge in [0.05, 0.1) is 12.3 Å². The molecule has 2 aliphatic rings. The van der Waals surface area contributed by atoms with Crippen LogP contribution in [0.15, 0.2) is 48.5 Å². The van der Waals surface area contributed by atoms with Gasteiger partial charge in [-0.2, -0.15) is 0 Å². The molecule has 2 amide bonds. The molecule has 1 saturated carbocycles. The first kappa shape index (κ1) is 22.8. The van der Waals surface area contributed by atoms with Gasteiger partial charge in [-0.25, -0.2) is 4.79 Å². The highest BCUT2D eigenvalue weighted by Gasteiger charge is 2.32. The summed E-state index contributed by atoms with van der Waals surface area (Å²) in [5.74, 6) is -1.57. The molecule has 4 rings (SSSR count). The van der Waals surface area contributed by atoms with Crippen molar-refractivity contribution in [3.8, 4) is 11.1 Å². The fourth-order valence-electron chi connectivity index (χ4n) is 5.01. The molecule has 2 aliphatic carbocycles. The van der Waals surface area contributed by atoms with E-state index in [4.69, 9.17) is 9.84 Å². The quantitative estimate of drug-likeness (QED) is 0.552. The number of nitrogens with one attached hydrogen (secondary N) is 2. The predicted octanol–water partition coefficient (Wildman–Crippen LogP) is 4.06. The zero-order valence-electron chi connectivity index (χ0n) is 18.6. The highest BCUT2D eigenvalue weighted by Crippen LogP contribution is 2.44. The van der Waals surface area contributed by atoms with Crippen LogP contribution in [0.25, 0.3) is 11.1 Å². The third-order valence-electron chi connectivity index (χ3n) is 6.64. The maximum Gasteiger partial charge on any atom is 0.407 e. The van der Waals surface area contributed by atoms with Gasteiger partial charge in [0.15, 0.2) is 0 Å². The van der Waals surface area contributed by atoms with Crippen molar-refractivity contribution < 1.29 is 24.2 Å². The van der Waals surface area contributed by atoms with Crippen LogP contribution in [0.1, 0.15) is 55.6 Å². The molecule has 0 saturated heterocycles. The molecule has 33 heavy (non-hydrogen) atoms. The lowest BCUT2D eigenvalue weighted by Gasteiger charge is -2.25. The van der Waals surface area contributed by atoms with Gasteiger partial charge in [-0.05, 0) is 35.1 Å². The van der Waals surface area contributed by atoms with Crippen LogP contribution in [0.2, 0.25) is 0 Å². The van der Waals surface area contributed by atoms with Gasteiger partial charge in [0.2, 0.25) is 5.91 Å². The van der Waals surface area contributed by atoms with E-state index in [1.54, 1.807) is 0 Å². The molecule has 2 aromatic carbocycles. The fraction of sp³-hybridized carbons (Fsp3) is 0.423. The van der Waals surface area contributed by atoms with E-state index in [-0.39, 0.29) is 43.4 Å². The zero-order valence-corrected chi connectivity index (χ0v) is 18.6. The summed E-state index contributed by atoms with van der Waals surface area (Å²) < 4.78 is 5.66. The first-order valence-corrected chi connectivity index (χ1v) is 11.7. The summed E-state index contributed by atoms with van der Waals surface area (Å²) in [6.45, 7) is 0.310. The molecule has 7 heteroatoms. The van der Waals surface area contributed by atoms with Gasteiger partial charge in [-0.15, -0.1) is 0 Å². The summed E-state index contributed by atoms with van der Waals surface area (Å²) >= 11 is 0. The average molecular weight is 451 g/mol. The van der Waals surface area contributed by atoms with Gasteiger partial charge >= 0.3 is 12.1 Å². The minimum absolute atomic E-state index is 0.0209. The molecule has 3 N–H and O–H groups in total. The summed E-state index contributed by atoms with van der Waals surface area (Å²) in [5, 5.41) is 14.4. The van der Waals surface area contributed by atoms with Crippen LogP contribution < -0.4 is 10.6 Å². The number of ether oxygens (including phenoxy) is 1. The van der Waals surface area contributed by atoms with Gasteiger partial charge in [0.1, 0.15) is 6.61 Å². The number of benzene rings is 2. The Morgan fingerprint density at radius 1 is 0.909 bits per heavy atom. The Morgan fingerprint density at radius 3 is 2.21 bits per heavy atom. The maximum atomic E-state index is 12.7. The SMILES string of the molecule is O=C(O)CCNC(=O)C1CCCCCC1NC(=O)OCC1c2ccccc2-c2ccccc21.